The number of thiophene rings is 1. The largest absolute Gasteiger partial charge is 0.477 e. The Labute approximate surface area is 216 Å². The highest BCUT2D eigenvalue weighted by Crippen LogP contribution is 2.47. The molecule has 1 unspecified atom stereocenters. The Balaban J connectivity index is 1.56. The molecule has 1 aromatic heterocycles. The molecule has 0 aromatic carbocycles. The second-order valence-corrected chi connectivity index (χ2v) is 12.4. The summed E-state index contributed by atoms with van der Waals surface area (Å²) in [5.41, 5.74) is 1.08. The van der Waals surface area contributed by atoms with E-state index in [9.17, 15) is 24.3 Å². The lowest BCUT2D eigenvalue weighted by Gasteiger charge is -2.43. The van der Waals surface area contributed by atoms with Crippen molar-refractivity contribution >= 4 is 46.3 Å². The number of amides is 3. The van der Waals surface area contributed by atoms with Gasteiger partial charge in [-0.3, -0.25) is 19.3 Å². The Kier molecular flexibility index (Phi) is 6.83. The van der Waals surface area contributed by atoms with Gasteiger partial charge in [-0.15, -0.1) is 11.3 Å². The van der Waals surface area contributed by atoms with Gasteiger partial charge in [0, 0.05) is 23.4 Å². The third-order valence-electron chi connectivity index (χ3n) is 8.95. The van der Waals surface area contributed by atoms with Gasteiger partial charge in [0.25, 0.3) is 0 Å². The topological polar surface area (TPSA) is 95.0 Å². The molecular formula is C28H36N2O5S. The summed E-state index contributed by atoms with van der Waals surface area (Å²) in [7, 11) is 1.54. The van der Waals surface area contributed by atoms with Crippen LogP contribution in [0.25, 0.3) is 5.57 Å². The van der Waals surface area contributed by atoms with Crippen LogP contribution >= 0.6 is 11.3 Å². The number of anilines is 1. The van der Waals surface area contributed by atoms with Crippen molar-refractivity contribution in [1.29, 1.82) is 0 Å². The summed E-state index contributed by atoms with van der Waals surface area (Å²) in [5.74, 6) is -2.13. The molecule has 0 radical (unpaired) electrons. The quantitative estimate of drug-likeness (QED) is 0.527. The highest BCUT2D eigenvalue weighted by atomic mass is 32.1. The third-order valence-corrected chi connectivity index (χ3v) is 10.1. The van der Waals surface area contributed by atoms with Gasteiger partial charge in [-0.05, 0) is 69.4 Å². The maximum Gasteiger partial charge on any atom is 0.348 e. The van der Waals surface area contributed by atoms with Crippen molar-refractivity contribution < 1.29 is 24.3 Å². The van der Waals surface area contributed by atoms with Crippen LogP contribution in [-0.2, 0) is 14.4 Å². The number of allylic oxidation sites excluding steroid dienone is 2. The van der Waals surface area contributed by atoms with Crippen LogP contribution in [0.15, 0.2) is 12.1 Å². The predicted molar refractivity (Wildman–Crippen MR) is 139 cm³/mol. The van der Waals surface area contributed by atoms with Crippen LogP contribution in [-0.4, -0.2) is 46.8 Å². The molecule has 7 nitrogen and oxygen atoms in total. The van der Waals surface area contributed by atoms with Crippen LogP contribution in [0.4, 0.5) is 5.69 Å². The van der Waals surface area contributed by atoms with E-state index in [1.165, 1.54) is 23.3 Å². The maximum atomic E-state index is 14.3. The zero-order chi connectivity index (χ0) is 25.6. The first-order valence-electron chi connectivity index (χ1n) is 13.4. The van der Waals surface area contributed by atoms with Crippen LogP contribution in [0.5, 0.6) is 0 Å². The number of rotatable bonds is 5. The molecule has 2 heterocycles. The van der Waals surface area contributed by atoms with E-state index in [1.54, 1.807) is 4.90 Å². The van der Waals surface area contributed by atoms with Gasteiger partial charge in [0.05, 0.1) is 17.5 Å². The molecule has 36 heavy (non-hydrogen) atoms. The van der Waals surface area contributed by atoms with Gasteiger partial charge in [-0.2, -0.15) is 0 Å². The van der Waals surface area contributed by atoms with Gasteiger partial charge in [-0.25, -0.2) is 4.79 Å². The van der Waals surface area contributed by atoms with Crippen LogP contribution in [0.2, 0.25) is 0 Å². The highest BCUT2D eigenvalue weighted by Gasteiger charge is 2.51. The summed E-state index contributed by atoms with van der Waals surface area (Å²) in [5, 5.41) is 10.2. The summed E-state index contributed by atoms with van der Waals surface area (Å²) < 4.78 is 0. The SMILES string of the molecule is CN1C(=O)[C@H]2CCC(N(C(=O)C3(C)CCCCC3)c3cc(C4=CCCCC4)sc3C(=O)O)C[C@@H]2C1=O. The second kappa shape index (κ2) is 9.77. The average Bonchev–Trinajstić information content (AvgIpc) is 3.41. The zero-order valence-corrected chi connectivity index (χ0v) is 22.1. The Morgan fingerprint density at radius 2 is 1.78 bits per heavy atom. The summed E-state index contributed by atoms with van der Waals surface area (Å²) in [6.07, 6.45) is 12.5. The van der Waals surface area contributed by atoms with Gasteiger partial charge >= 0.3 is 5.97 Å². The van der Waals surface area contributed by atoms with E-state index in [0.717, 1.165) is 68.2 Å². The molecule has 1 N–H and O–H groups in total. The maximum absolute atomic E-state index is 14.3. The normalized spacial score (nSPS) is 28.0. The Morgan fingerprint density at radius 1 is 1.06 bits per heavy atom. The van der Waals surface area contributed by atoms with Crippen molar-refractivity contribution in [2.45, 2.75) is 90.0 Å². The van der Waals surface area contributed by atoms with E-state index >= 15 is 0 Å². The van der Waals surface area contributed by atoms with Gasteiger partial charge < -0.3 is 10.0 Å². The molecule has 0 spiro atoms. The van der Waals surface area contributed by atoms with Crippen molar-refractivity contribution in [3.63, 3.8) is 0 Å². The molecule has 1 saturated heterocycles. The van der Waals surface area contributed by atoms with Crippen LogP contribution in [0.3, 0.4) is 0 Å². The minimum Gasteiger partial charge on any atom is -0.477 e. The number of aromatic carboxylic acids is 1. The summed E-state index contributed by atoms with van der Waals surface area (Å²) in [6.45, 7) is 2.02. The first-order chi connectivity index (χ1) is 17.2. The molecule has 3 atom stereocenters. The first kappa shape index (κ1) is 25.2. The lowest BCUT2D eigenvalue weighted by molar-refractivity contribution is -0.138. The van der Waals surface area contributed by atoms with E-state index in [2.05, 4.69) is 6.08 Å². The van der Waals surface area contributed by atoms with Crippen molar-refractivity contribution in [3.05, 3.63) is 21.9 Å². The number of carboxylic acids is 1. The monoisotopic (exact) mass is 512 g/mol. The number of likely N-dealkylation sites (tertiary alicyclic amines) is 1. The molecule has 5 rings (SSSR count). The van der Waals surface area contributed by atoms with Gasteiger partial charge in [0.15, 0.2) is 0 Å². The number of carbonyl (C=O) groups is 4. The molecule has 3 fully saturated rings. The molecular weight excluding hydrogens is 476 g/mol. The molecule has 8 heteroatoms. The van der Waals surface area contributed by atoms with E-state index in [1.807, 2.05) is 13.0 Å². The van der Waals surface area contributed by atoms with Crippen LogP contribution in [0.1, 0.15) is 98.5 Å². The molecule has 0 bridgehead atoms. The van der Waals surface area contributed by atoms with Crippen molar-refractivity contribution in [3.8, 4) is 0 Å². The molecule has 1 aromatic rings. The first-order valence-corrected chi connectivity index (χ1v) is 14.2. The lowest BCUT2D eigenvalue weighted by atomic mass is 9.73. The van der Waals surface area contributed by atoms with E-state index in [0.29, 0.717) is 24.9 Å². The molecule has 4 aliphatic rings. The van der Waals surface area contributed by atoms with Gasteiger partial charge in [0.1, 0.15) is 4.88 Å². The Morgan fingerprint density at radius 3 is 2.44 bits per heavy atom. The highest BCUT2D eigenvalue weighted by molar-refractivity contribution is 7.15. The lowest BCUT2D eigenvalue weighted by Crippen LogP contribution is -2.51. The second-order valence-electron chi connectivity index (χ2n) is 11.3. The number of imide groups is 1. The van der Waals surface area contributed by atoms with Gasteiger partial charge in [-0.1, -0.05) is 32.3 Å². The summed E-state index contributed by atoms with van der Waals surface area (Å²) in [6, 6.07) is 1.61. The predicted octanol–water partition coefficient (Wildman–Crippen LogP) is 5.49. The van der Waals surface area contributed by atoms with Crippen molar-refractivity contribution in [2.24, 2.45) is 17.3 Å². The number of fused-ring (bicyclic) bond motifs is 1. The van der Waals surface area contributed by atoms with Crippen LogP contribution in [0, 0.1) is 17.3 Å². The molecule has 2 saturated carbocycles. The Hall–Kier alpha value is -2.48. The van der Waals surface area contributed by atoms with Gasteiger partial charge in [0.2, 0.25) is 17.7 Å². The zero-order valence-electron chi connectivity index (χ0n) is 21.3. The molecule has 1 aliphatic heterocycles. The summed E-state index contributed by atoms with van der Waals surface area (Å²) >= 11 is 1.26. The fraction of sp³-hybridized carbons (Fsp3) is 0.643. The average molecular weight is 513 g/mol. The summed E-state index contributed by atoms with van der Waals surface area (Å²) in [4.78, 5) is 56.4. The van der Waals surface area contributed by atoms with E-state index in [4.69, 9.17) is 0 Å². The number of hydrogen-bond acceptors (Lipinski definition) is 5. The van der Waals surface area contributed by atoms with E-state index < -0.39 is 17.3 Å². The molecule has 194 valence electrons. The number of hydrogen-bond donors (Lipinski definition) is 1. The molecule has 3 aliphatic carbocycles. The Bertz CT molecular complexity index is 1120. The van der Waals surface area contributed by atoms with Crippen LogP contribution < -0.4 is 4.90 Å². The minimum absolute atomic E-state index is 0.0275. The minimum atomic E-state index is -1.02. The number of nitrogens with zero attached hydrogens (tertiary/aromatic N) is 2. The van der Waals surface area contributed by atoms with Crippen molar-refractivity contribution in [1.82, 2.24) is 4.90 Å². The third kappa shape index (κ3) is 4.31. The number of carboxylic acid groups (broad SMARTS) is 1. The van der Waals surface area contributed by atoms with E-state index in [-0.39, 0.29) is 34.6 Å². The standard InChI is InChI=1S/C28H36N2O5S/c1-28(13-7-4-8-14-28)27(35)30(18-11-12-19-20(15-18)25(32)29(2)24(19)31)21-16-22(36-23(21)26(33)34)17-9-5-3-6-10-17/h9,16,18-20H,3-8,10-15H2,1-2H3,(H,33,34)/t18?,19-,20-/m0/s1. The van der Waals surface area contributed by atoms with Crippen molar-refractivity contribution in [2.75, 3.05) is 11.9 Å². The smallest absolute Gasteiger partial charge is 0.348 e. The molecule has 3 amide bonds. The fourth-order valence-electron chi connectivity index (χ4n) is 6.80. The number of carbonyl (C=O) groups excluding carboxylic acids is 3. The fourth-order valence-corrected chi connectivity index (χ4v) is 7.86.